The number of hydrogen-bond acceptors (Lipinski definition) is 4. The average molecular weight is 267 g/mol. The maximum atomic E-state index is 12.3. The van der Waals surface area contributed by atoms with Crippen LogP contribution >= 0.6 is 0 Å². The zero-order valence-electron chi connectivity index (χ0n) is 10.5. The standard InChI is InChI=1S/C11H17N5O3/c17-9-5-12-8(4-13-9)10(18)15-1-2-16-7(6-15)3-14-11(16)19/h7-8,12H,1-6H2,(H,13,17)(H,14,19). The van der Waals surface area contributed by atoms with E-state index in [1.54, 1.807) is 9.80 Å². The van der Waals surface area contributed by atoms with Gasteiger partial charge in [0.15, 0.2) is 0 Å². The molecule has 8 nitrogen and oxygen atoms in total. The van der Waals surface area contributed by atoms with E-state index in [9.17, 15) is 14.4 Å². The van der Waals surface area contributed by atoms with Gasteiger partial charge in [-0.2, -0.15) is 0 Å². The van der Waals surface area contributed by atoms with Gasteiger partial charge in [-0.25, -0.2) is 4.79 Å². The SMILES string of the molecule is O=C1CNC(C(=O)N2CCN3C(=O)NCC3C2)CN1. The number of fused-ring (bicyclic) bond motifs is 1. The highest BCUT2D eigenvalue weighted by molar-refractivity contribution is 5.87. The molecule has 3 fully saturated rings. The van der Waals surface area contributed by atoms with E-state index in [4.69, 9.17) is 0 Å². The monoisotopic (exact) mass is 267 g/mol. The highest BCUT2D eigenvalue weighted by Crippen LogP contribution is 2.15. The second-order valence-electron chi connectivity index (χ2n) is 5.06. The van der Waals surface area contributed by atoms with Crippen LogP contribution in [-0.2, 0) is 9.59 Å². The number of nitrogens with zero attached hydrogens (tertiary/aromatic N) is 2. The van der Waals surface area contributed by atoms with E-state index in [0.29, 0.717) is 32.7 Å². The number of rotatable bonds is 1. The molecule has 0 aromatic rings. The Balaban J connectivity index is 1.59. The molecule has 3 aliphatic rings. The molecular formula is C11H17N5O3. The summed E-state index contributed by atoms with van der Waals surface area (Å²) >= 11 is 0. The Morgan fingerprint density at radius 2 is 2.00 bits per heavy atom. The van der Waals surface area contributed by atoms with Crippen LogP contribution in [0.3, 0.4) is 0 Å². The van der Waals surface area contributed by atoms with Gasteiger partial charge in [0.25, 0.3) is 0 Å². The van der Waals surface area contributed by atoms with Gasteiger partial charge < -0.3 is 20.4 Å². The quantitative estimate of drug-likeness (QED) is 0.482. The van der Waals surface area contributed by atoms with Gasteiger partial charge in [0.2, 0.25) is 11.8 Å². The first-order valence-corrected chi connectivity index (χ1v) is 6.48. The lowest BCUT2D eigenvalue weighted by Crippen LogP contribution is -2.62. The molecule has 3 N–H and O–H groups in total. The molecule has 0 bridgehead atoms. The summed E-state index contributed by atoms with van der Waals surface area (Å²) in [6.07, 6.45) is 0. The van der Waals surface area contributed by atoms with Gasteiger partial charge in [-0.05, 0) is 0 Å². The number of nitrogens with one attached hydrogen (secondary N) is 3. The van der Waals surface area contributed by atoms with Crippen LogP contribution in [0.2, 0.25) is 0 Å². The normalized spacial score (nSPS) is 30.7. The van der Waals surface area contributed by atoms with Gasteiger partial charge in [0.05, 0.1) is 12.6 Å². The molecule has 0 spiro atoms. The van der Waals surface area contributed by atoms with Crippen molar-refractivity contribution in [2.75, 3.05) is 39.3 Å². The van der Waals surface area contributed by atoms with E-state index >= 15 is 0 Å². The number of amides is 4. The Labute approximate surface area is 110 Å². The Kier molecular flexibility index (Phi) is 3.02. The third-order valence-corrected chi connectivity index (χ3v) is 3.85. The lowest BCUT2D eigenvalue weighted by atomic mass is 10.1. The van der Waals surface area contributed by atoms with Crippen LogP contribution in [0.15, 0.2) is 0 Å². The molecule has 0 aromatic carbocycles. The first-order chi connectivity index (χ1) is 9.15. The van der Waals surface area contributed by atoms with Gasteiger partial charge in [-0.3, -0.25) is 14.9 Å². The van der Waals surface area contributed by atoms with Crippen molar-refractivity contribution >= 4 is 17.8 Å². The number of piperazine rings is 2. The minimum Gasteiger partial charge on any atom is -0.353 e. The van der Waals surface area contributed by atoms with Gasteiger partial charge in [0.1, 0.15) is 6.04 Å². The molecule has 19 heavy (non-hydrogen) atoms. The molecule has 104 valence electrons. The summed E-state index contributed by atoms with van der Waals surface area (Å²) in [5.41, 5.74) is 0. The summed E-state index contributed by atoms with van der Waals surface area (Å²) in [4.78, 5) is 38.4. The van der Waals surface area contributed by atoms with E-state index in [1.165, 1.54) is 0 Å². The molecule has 0 aromatic heterocycles. The van der Waals surface area contributed by atoms with Crippen molar-refractivity contribution in [3.8, 4) is 0 Å². The van der Waals surface area contributed by atoms with E-state index in [0.717, 1.165) is 0 Å². The lowest BCUT2D eigenvalue weighted by molar-refractivity contribution is -0.136. The smallest absolute Gasteiger partial charge is 0.317 e. The first-order valence-electron chi connectivity index (χ1n) is 6.48. The van der Waals surface area contributed by atoms with Gasteiger partial charge >= 0.3 is 6.03 Å². The summed E-state index contributed by atoms with van der Waals surface area (Å²) in [5.74, 6) is -0.0848. The topological polar surface area (TPSA) is 93.8 Å². The van der Waals surface area contributed by atoms with Crippen molar-refractivity contribution in [3.63, 3.8) is 0 Å². The fourth-order valence-electron chi connectivity index (χ4n) is 2.77. The fraction of sp³-hybridized carbons (Fsp3) is 0.727. The Bertz CT molecular complexity index is 417. The summed E-state index contributed by atoms with van der Waals surface area (Å²) in [5, 5.41) is 8.40. The Morgan fingerprint density at radius 3 is 2.74 bits per heavy atom. The summed E-state index contributed by atoms with van der Waals surface area (Å²) in [6.45, 7) is 2.79. The van der Waals surface area contributed by atoms with Crippen LogP contribution < -0.4 is 16.0 Å². The van der Waals surface area contributed by atoms with Gasteiger partial charge in [-0.15, -0.1) is 0 Å². The number of hydrogen-bond donors (Lipinski definition) is 3. The zero-order chi connectivity index (χ0) is 13.4. The van der Waals surface area contributed by atoms with Crippen LogP contribution in [0, 0.1) is 0 Å². The summed E-state index contributed by atoms with van der Waals surface area (Å²) in [6, 6.07) is -0.321. The van der Waals surface area contributed by atoms with E-state index in [1.807, 2.05) is 0 Å². The van der Waals surface area contributed by atoms with Crippen molar-refractivity contribution in [3.05, 3.63) is 0 Å². The third-order valence-electron chi connectivity index (χ3n) is 3.85. The van der Waals surface area contributed by atoms with Crippen molar-refractivity contribution < 1.29 is 14.4 Å². The maximum Gasteiger partial charge on any atom is 0.317 e. The van der Waals surface area contributed by atoms with Crippen molar-refractivity contribution in [2.24, 2.45) is 0 Å². The molecule has 0 saturated carbocycles. The van der Waals surface area contributed by atoms with E-state index < -0.39 is 0 Å². The van der Waals surface area contributed by atoms with Gasteiger partial charge in [-0.1, -0.05) is 0 Å². The molecular weight excluding hydrogens is 250 g/mol. The number of carbonyl (C=O) groups is 3. The Morgan fingerprint density at radius 1 is 1.16 bits per heavy atom. The summed E-state index contributed by atoms with van der Waals surface area (Å²) < 4.78 is 0. The molecule has 3 saturated heterocycles. The molecule has 3 rings (SSSR count). The molecule has 3 aliphatic heterocycles. The lowest BCUT2D eigenvalue weighted by Gasteiger charge is -2.38. The second kappa shape index (κ2) is 4.69. The molecule has 2 unspecified atom stereocenters. The van der Waals surface area contributed by atoms with Crippen LogP contribution in [0.25, 0.3) is 0 Å². The highest BCUT2D eigenvalue weighted by Gasteiger charge is 2.38. The molecule has 3 heterocycles. The molecule has 0 radical (unpaired) electrons. The van der Waals surface area contributed by atoms with E-state index in [2.05, 4.69) is 16.0 Å². The fourth-order valence-corrected chi connectivity index (χ4v) is 2.77. The maximum absolute atomic E-state index is 12.3. The second-order valence-corrected chi connectivity index (χ2v) is 5.06. The number of urea groups is 1. The molecule has 2 atom stereocenters. The molecule has 4 amide bonds. The van der Waals surface area contributed by atoms with Crippen molar-refractivity contribution in [2.45, 2.75) is 12.1 Å². The van der Waals surface area contributed by atoms with Crippen LogP contribution in [-0.4, -0.2) is 79.0 Å². The molecule has 0 aliphatic carbocycles. The zero-order valence-corrected chi connectivity index (χ0v) is 10.5. The predicted molar refractivity (Wildman–Crippen MR) is 65.3 cm³/mol. The average Bonchev–Trinajstić information content (AvgIpc) is 2.80. The van der Waals surface area contributed by atoms with Crippen LogP contribution in [0.5, 0.6) is 0 Å². The van der Waals surface area contributed by atoms with Crippen molar-refractivity contribution in [1.82, 2.24) is 25.8 Å². The van der Waals surface area contributed by atoms with Crippen molar-refractivity contribution in [1.29, 1.82) is 0 Å². The highest BCUT2D eigenvalue weighted by atomic mass is 16.2. The molecule has 8 heteroatoms. The largest absolute Gasteiger partial charge is 0.353 e. The van der Waals surface area contributed by atoms with Crippen LogP contribution in [0.1, 0.15) is 0 Å². The summed E-state index contributed by atoms with van der Waals surface area (Å²) in [7, 11) is 0. The van der Waals surface area contributed by atoms with Gasteiger partial charge in [0, 0.05) is 32.7 Å². The Hall–Kier alpha value is -1.83. The predicted octanol–water partition coefficient (Wildman–Crippen LogP) is -2.69. The van der Waals surface area contributed by atoms with Crippen LogP contribution in [0.4, 0.5) is 4.79 Å². The first kappa shape index (κ1) is 12.2. The number of carbonyl (C=O) groups excluding carboxylic acids is 3. The van der Waals surface area contributed by atoms with E-state index in [-0.39, 0.29) is 36.5 Å². The minimum atomic E-state index is -0.352. The third kappa shape index (κ3) is 2.23. The minimum absolute atomic E-state index is 0.000927.